The molecule has 0 saturated carbocycles. The second-order valence-corrected chi connectivity index (χ2v) is 5.24. The molecule has 0 spiro atoms. The number of hydrogen-bond donors (Lipinski definition) is 0. The van der Waals surface area contributed by atoms with Gasteiger partial charge in [-0.2, -0.15) is 4.40 Å². The van der Waals surface area contributed by atoms with Gasteiger partial charge in [0.15, 0.2) is 12.4 Å². The van der Waals surface area contributed by atoms with E-state index in [0.29, 0.717) is 0 Å². The Morgan fingerprint density at radius 1 is 0.870 bits per heavy atom. The van der Waals surface area contributed by atoms with Crippen LogP contribution in [0.5, 0.6) is 11.5 Å². The van der Waals surface area contributed by atoms with E-state index in [4.69, 9.17) is 28.1 Å². The molecule has 0 aliphatic rings. The summed E-state index contributed by atoms with van der Waals surface area (Å²) in [5, 5.41) is 2.10. The molecule has 0 aliphatic heterocycles. The minimum atomic E-state index is -4.94. The Balaban J connectivity index is 0.000000338. The molecule has 0 radical (unpaired) electrons. The number of aromatic nitrogens is 1. The minimum Gasteiger partial charge on any atom is -0.496 e. The first-order valence-electron chi connectivity index (χ1n) is 6.40. The summed E-state index contributed by atoms with van der Waals surface area (Å²) < 4.78 is 46.9. The van der Waals surface area contributed by atoms with Gasteiger partial charge in [-0.25, -0.2) is 18.6 Å². The van der Waals surface area contributed by atoms with Gasteiger partial charge in [-0.1, -0.05) is 0 Å². The van der Waals surface area contributed by atoms with Crippen LogP contribution in [0.1, 0.15) is 0 Å². The molecular formula is C15H14ClNO6. The molecule has 0 unspecified atom stereocenters. The molecule has 0 aliphatic carbocycles. The molecule has 23 heavy (non-hydrogen) atoms. The van der Waals surface area contributed by atoms with Crippen molar-refractivity contribution in [1.82, 2.24) is 0 Å². The Morgan fingerprint density at radius 3 is 2.00 bits per heavy atom. The van der Waals surface area contributed by atoms with Crippen LogP contribution in [0.15, 0.2) is 48.8 Å². The molecule has 0 bridgehead atoms. The SMILES string of the molecule is COc1ccc(OC)c2c[n+]3ccccc3cc12.[O-][Cl+3]([O-])([O-])[O-]. The standard InChI is InChI=1S/C15H14NO2.ClHO4/c1-17-14-6-7-15(18-2)13-10-16-8-4-3-5-11(16)9-12(13)14;2-1(3,4)5/h3-10H,1-2H3;(H,2,3,4,5)/q+1;/p-1. The number of nitrogens with zero attached hydrogens (tertiary/aromatic N) is 1. The second kappa shape index (κ2) is 6.95. The van der Waals surface area contributed by atoms with E-state index < -0.39 is 10.2 Å². The van der Waals surface area contributed by atoms with Gasteiger partial charge in [0.2, 0.25) is 5.52 Å². The Kier molecular flexibility index (Phi) is 5.19. The molecule has 0 fully saturated rings. The summed E-state index contributed by atoms with van der Waals surface area (Å²) in [6.07, 6.45) is 4.08. The van der Waals surface area contributed by atoms with Gasteiger partial charge in [-0.15, -0.1) is 10.2 Å². The summed E-state index contributed by atoms with van der Waals surface area (Å²) in [4.78, 5) is 0. The van der Waals surface area contributed by atoms with E-state index in [1.165, 1.54) is 0 Å². The lowest BCUT2D eigenvalue weighted by atomic mass is 10.1. The predicted molar refractivity (Wildman–Crippen MR) is 70.2 cm³/mol. The largest absolute Gasteiger partial charge is 0.496 e. The second-order valence-electron chi connectivity index (χ2n) is 4.48. The molecule has 0 amide bonds. The maximum Gasteiger partial charge on any atom is 0.211 e. The van der Waals surface area contributed by atoms with Crippen molar-refractivity contribution in [3.8, 4) is 11.5 Å². The molecule has 0 N–H and O–H groups in total. The first-order valence-corrected chi connectivity index (χ1v) is 7.63. The van der Waals surface area contributed by atoms with Crippen LogP contribution in [-0.4, -0.2) is 14.2 Å². The highest BCUT2D eigenvalue weighted by atomic mass is 35.7. The number of hydrogen-bond acceptors (Lipinski definition) is 6. The van der Waals surface area contributed by atoms with Crippen LogP contribution >= 0.6 is 0 Å². The molecular weight excluding hydrogens is 326 g/mol. The van der Waals surface area contributed by atoms with E-state index in [1.807, 2.05) is 30.5 Å². The van der Waals surface area contributed by atoms with E-state index >= 15 is 0 Å². The number of pyridine rings is 2. The van der Waals surface area contributed by atoms with Crippen molar-refractivity contribution in [2.45, 2.75) is 0 Å². The summed E-state index contributed by atoms with van der Waals surface area (Å²) in [5.74, 6) is 1.71. The van der Waals surface area contributed by atoms with Crippen LogP contribution in [0, 0.1) is 10.2 Å². The topological polar surface area (TPSA) is 115 Å². The quantitative estimate of drug-likeness (QED) is 0.388. The third kappa shape index (κ3) is 4.41. The van der Waals surface area contributed by atoms with Gasteiger partial charge >= 0.3 is 0 Å². The Hall–Kier alpha value is -2.16. The van der Waals surface area contributed by atoms with E-state index in [1.54, 1.807) is 14.2 Å². The van der Waals surface area contributed by atoms with Gasteiger partial charge in [0, 0.05) is 23.6 Å². The zero-order valence-corrected chi connectivity index (χ0v) is 13.1. The molecule has 3 rings (SSSR count). The fraction of sp³-hybridized carbons (Fsp3) is 0.133. The van der Waals surface area contributed by atoms with Crippen molar-refractivity contribution < 1.29 is 42.8 Å². The third-order valence-corrected chi connectivity index (χ3v) is 3.13. The number of halogens is 1. The minimum absolute atomic E-state index is 0.851. The highest BCUT2D eigenvalue weighted by molar-refractivity contribution is 5.94. The van der Waals surface area contributed by atoms with Gasteiger partial charge in [-0.05, 0) is 18.2 Å². The van der Waals surface area contributed by atoms with Gasteiger partial charge in [-0.3, -0.25) is 0 Å². The molecule has 2 heterocycles. The highest BCUT2D eigenvalue weighted by Gasteiger charge is 2.12. The molecule has 2 aromatic heterocycles. The first kappa shape index (κ1) is 17.2. The van der Waals surface area contributed by atoms with Crippen molar-refractivity contribution in [3.63, 3.8) is 0 Å². The lowest BCUT2D eigenvalue weighted by Crippen LogP contribution is -2.68. The van der Waals surface area contributed by atoms with Crippen molar-refractivity contribution >= 4 is 16.3 Å². The zero-order valence-electron chi connectivity index (χ0n) is 12.4. The molecule has 0 saturated heterocycles. The van der Waals surface area contributed by atoms with Crippen LogP contribution in [0.4, 0.5) is 0 Å². The van der Waals surface area contributed by atoms with E-state index in [9.17, 15) is 0 Å². The Labute approximate surface area is 134 Å². The fourth-order valence-electron chi connectivity index (χ4n) is 2.23. The van der Waals surface area contributed by atoms with E-state index in [2.05, 4.69) is 22.7 Å². The maximum absolute atomic E-state index is 8.49. The van der Waals surface area contributed by atoms with Crippen molar-refractivity contribution in [1.29, 1.82) is 0 Å². The predicted octanol–water partition coefficient (Wildman–Crippen LogP) is -2.16. The van der Waals surface area contributed by atoms with E-state index in [-0.39, 0.29) is 0 Å². The molecule has 122 valence electrons. The number of fused-ring (bicyclic) bond motifs is 2. The monoisotopic (exact) mass is 339 g/mol. The number of rotatable bonds is 2. The maximum atomic E-state index is 8.49. The lowest BCUT2D eigenvalue weighted by molar-refractivity contribution is -2.00. The third-order valence-electron chi connectivity index (χ3n) is 3.13. The molecule has 7 nitrogen and oxygen atoms in total. The molecule has 8 heteroatoms. The summed E-state index contributed by atoms with van der Waals surface area (Å²) >= 11 is 0. The van der Waals surface area contributed by atoms with Gasteiger partial charge in [0.1, 0.15) is 11.5 Å². The smallest absolute Gasteiger partial charge is 0.211 e. The molecule has 1 aromatic carbocycles. The summed E-state index contributed by atoms with van der Waals surface area (Å²) in [6.45, 7) is 0. The first-order chi connectivity index (χ1) is 10.8. The number of ether oxygens (including phenoxy) is 2. The Morgan fingerprint density at radius 2 is 1.43 bits per heavy atom. The average Bonchev–Trinajstić information content (AvgIpc) is 2.50. The van der Waals surface area contributed by atoms with Gasteiger partial charge in [0.25, 0.3) is 0 Å². The van der Waals surface area contributed by atoms with Crippen LogP contribution in [0.3, 0.4) is 0 Å². The number of methoxy groups -OCH3 is 2. The summed E-state index contributed by atoms with van der Waals surface area (Å²) in [5.41, 5.74) is 1.12. The van der Waals surface area contributed by atoms with Crippen LogP contribution < -0.4 is 32.5 Å². The fourth-order valence-corrected chi connectivity index (χ4v) is 2.23. The zero-order chi connectivity index (χ0) is 17.0. The van der Waals surface area contributed by atoms with Crippen LogP contribution in [0.2, 0.25) is 0 Å². The lowest BCUT2D eigenvalue weighted by Gasteiger charge is -2.17. The number of benzene rings is 1. The van der Waals surface area contributed by atoms with E-state index in [0.717, 1.165) is 27.8 Å². The molecule has 3 aromatic rings. The van der Waals surface area contributed by atoms with Gasteiger partial charge in [0.05, 0.1) is 19.6 Å². The Bertz CT molecular complexity index is 750. The van der Waals surface area contributed by atoms with Crippen LogP contribution in [0.25, 0.3) is 16.3 Å². The van der Waals surface area contributed by atoms with Crippen molar-refractivity contribution in [2.24, 2.45) is 0 Å². The normalized spacial score (nSPS) is 11.0. The summed E-state index contributed by atoms with van der Waals surface area (Å²) in [6, 6.07) is 12.1. The average molecular weight is 340 g/mol. The van der Waals surface area contributed by atoms with Gasteiger partial charge < -0.3 is 9.47 Å². The van der Waals surface area contributed by atoms with Crippen molar-refractivity contribution in [2.75, 3.05) is 14.2 Å². The summed E-state index contributed by atoms with van der Waals surface area (Å²) in [7, 11) is -1.58. The highest BCUT2D eigenvalue weighted by Crippen LogP contribution is 2.32. The molecule has 0 atom stereocenters. The van der Waals surface area contributed by atoms with Crippen LogP contribution in [-0.2, 0) is 0 Å². The van der Waals surface area contributed by atoms with Crippen molar-refractivity contribution in [3.05, 3.63) is 48.8 Å².